The predicted molar refractivity (Wildman–Crippen MR) is 174 cm³/mol. The lowest BCUT2D eigenvalue weighted by Gasteiger charge is -2.43. The van der Waals surface area contributed by atoms with Crippen LogP contribution in [0.25, 0.3) is 10.8 Å². The Morgan fingerprint density at radius 3 is 2.25 bits per heavy atom. The number of nitrogens with zero attached hydrogens (tertiary/aromatic N) is 1. The number of aliphatic carboxylic acids is 1. The van der Waals surface area contributed by atoms with Crippen LogP contribution in [0.5, 0.6) is 0 Å². The van der Waals surface area contributed by atoms with E-state index in [-0.39, 0.29) is 17.7 Å². The zero-order valence-electron chi connectivity index (χ0n) is 27.3. The summed E-state index contributed by atoms with van der Waals surface area (Å²) in [4.78, 5) is 51.3. The number of nitrogens with one attached hydrogen (secondary N) is 2. The first-order valence-electron chi connectivity index (χ1n) is 16.3. The van der Waals surface area contributed by atoms with Gasteiger partial charge in [-0.1, -0.05) is 72.8 Å². The number of rotatable bonds is 13. The molecule has 0 saturated carbocycles. The third kappa shape index (κ3) is 11.4. The number of carboxylic acids is 1. The van der Waals surface area contributed by atoms with Crippen molar-refractivity contribution < 1.29 is 43.2 Å². The molecule has 0 bridgehead atoms. The maximum atomic E-state index is 14.2. The summed E-state index contributed by atoms with van der Waals surface area (Å²) < 4.78 is 31.5. The number of carbonyl (C=O) groups excluding carboxylic acids is 4. The summed E-state index contributed by atoms with van der Waals surface area (Å²) >= 11 is 0. The summed E-state index contributed by atoms with van der Waals surface area (Å²) in [6.45, 7) is 4.22. The van der Waals surface area contributed by atoms with Crippen LogP contribution in [0.4, 0.5) is 13.2 Å². The second-order valence-corrected chi connectivity index (χ2v) is 12.1. The van der Waals surface area contributed by atoms with Gasteiger partial charge in [0.05, 0.1) is 12.0 Å². The molecule has 9 nitrogen and oxygen atoms in total. The summed E-state index contributed by atoms with van der Waals surface area (Å²) in [5.74, 6) is -3.25. The normalized spacial score (nSPS) is 16.7. The molecule has 3 aromatic rings. The number of hydrogen-bond donors (Lipinski definition) is 3. The van der Waals surface area contributed by atoms with Crippen LogP contribution in [-0.4, -0.2) is 67.0 Å². The quantitative estimate of drug-likeness (QED) is 0.240. The lowest BCUT2D eigenvalue weighted by atomic mass is 9.74. The molecule has 3 aromatic carbocycles. The summed E-state index contributed by atoms with van der Waals surface area (Å²) in [6.07, 6.45) is 0.320. The number of likely N-dealkylation sites (tertiary alicyclic amines) is 1. The van der Waals surface area contributed by atoms with E-state index in [0.717, 1.165) is 54.1 Å². The summed E-state index contributed by atoms with van der Waals surface area (Å²) in [5.41, 5.74) is 5.24. The molecule has 2 atom stereocenters. The molecule has 0 unspecified atom stereocenters. The fourth-order valence-corrected chi connectivity index (χ4v) is 5.99. The van der Waals surface area contributed by atoms with Gasteiger partial charge < -0.3 is 31.2 Å². The minimum Gasteiger partial charge on any atom is -0.542 e. The Morgan fingerprint density at radius 1 is 0.938 bits per heavy atom. The van der Waals surface area contributed by atoms with E-state index in [9.17, 15) is 27.6 Å². The highest BCUT2D eigenvalue weighted by Crippen LogP contribution is 2.35. The third-order valence-electron chi connectivity index (χ3n) is 8.37. The molecule has 0 spiro atoms. The Bertz CT molecular complexity index is 1520. The van der Waals surface area contributed by atoms with Crippen molar-refractivity contribution in [3.05, 3.63) is 83.9 Å². The molecule has 5 N–H and O–H groups in total. The number of piperidine rings is 1. The SMILES string of the molecule is CCNC(=O)[C@]1(Cc2ccccc2)CCCN(C(=O)[C@@H](Cc2ccc3ccccc3c2)NC(=O)CCCCC[NH3+])C1.O=C([O-])C(F)(F)F. The van der Waals surface area contributed by atoms with Crippen LogP contribution in [0.1, 0.15) is 56.6 Å². The van der Waals surface area contributed by atoms with E-state index >= 15 is 0 Å². The summed E-state index contributed by atoms with van der Waals surface area (Å²) in [6, 6.07) is 23.7. The first-order chi connectivity index (χ1) is 22.9. The van der Waals surface area contributed by atoms with E-state index in [1.54, 1.807) is 0 Å². The lowest BCUT2D eigenvalue weighted by molar-refractivity contribution is -0.368. The standard InChI is InChI=1S/C34H44N4O3.C2HF3O2/c1-2-36-33(41)34(24-26-12-5-3-6-13-26)19-11-21-38(25-34)32(40)30(37-31(39)16-7-4-10-20-35)23-27-17-18-28-14-8-9-15-29(28)22-27;3-2(4,5)1(6)7/h3,5-6,8-9,12-15,17-18,22,30H,2,4,7,10-11,16,19-21,23-25,35H2,1H3,(H,36,41)(H,37,39);(H,6,7)/t30-,34+;/m1./s1. The van der Waals surface area contributed by atoms with Crippen molar-refractivity contribution in [3.8, 4) is 0 Å². The van der Waals surface area contributed by atoms with E-state index in [2.05, 4.69) is 40.6 Å². The Hall–Kier alpha value is -4.45. The Morgan fingerprint density at radius 2 is 1.60 bits per heavy atom. The van der Waals surface area contributed by atoms with Gasteiger partial charge in [0.2, 0.25) is 17.7 Å². The molecule has 0 aromatic heterocycles. The molecule has 260 valence electrons. The van der Waals surface area contributed by atoms with Crippen LogP contribution in [0.15, 0.2) is 72.8 Å². The highest BCUT2D eigenvalue weighted by molar-refractivity contribution is 5.90. The lowest BCUT2D eigenvalue weighted by Crippen LogP contribution is -2.58. The average Bonchev–Trinajstić information content (AvgIpc) is 3.06. The Balaban J connectivity index is 0.000000804. The highest BCUT2D eigenvalue weighted by atomic mass is 19.4. The molecule has 48 heavy (non-hydrogen) atoms. The first kappa shape index (κ1) is 38.0. The number of fused-ring (bicyclic) bond motifs is 1. The number of amides is 3. The van der Waals surface area contributed by atoms with E-state index in [4.69, 9.17) is 9.90 Å². The van der Waals surface area contributed by atoms with Crippen LogP contribution in [0, 0.1) is 5.41 Å². The fourth-order valence-electron chi connectivity index (χ4n) is 5.99. The highest BCUT2D eigenvalue weighted by Gasteiger charge is 2.44. The number of benzene rings is 3. The predicted octanol–water partition coefficient (Wildman–Crippen LogP) is 2.96. The van der Waals surface area contributed by atoms with Crippen LogP contribution in [0.2, 0.25) is 0 Å². The van der Waals surface area contributed by atoms with Crippen LogP contribution >= 0.6 is 0 Å². The minimum atomic E-state index is -5.19. The van der Waals surface area contributed by atoms with Crippen molar-refractivity contribution in [2.75, 3.05) is 26.2 Å². The molecule has 1 aliphatic heterocycles. The number of quaternary nitrogens is 1. The van der Waals surface area contributed by atoms with Gasteiger partial charge in [0.1, 0.15) is 12.0 Å². The second kappa shape index (κ2) is 18.2. The summed E-state index contributed by atoms with van der Waals surface area (Å²) in [5, 5.41) is 17.1. The molecule has 3 amide bonds. The van der Waals surface area contributed by atoms with Crippen LogP contribution < -0.4 is 21.5 Å². The van der Waals surface area contributed by atoms with Crippen LogP contribution in [-0.2, 0) is 32.0 Å². The van der Waals surface area contributed by atoms with Crippen molar-refractivity contribution in [1.82, 2.24) is 15.5 Å². The molecule has 0 aliphatic carbocycles. The van der Waals surface area contributed by atoms with Gasteiger partial charge in [-0.15, -0.1) is 0 Å². The third-order valence-corrected chi connectivity index (χ3v) is 8.37. The largest absolute Gasteiger partial charge is 0.542 e. The second-order valence-electron chi connectivity index (χ2n) is 12.1. The number of halogens is 3. The molecule has 12 heteroatoms. The minimum absolute atomic E-state index is 0.0121. The van der Waals surface area contributed by atoms with E-state index in [1.807, 2.05) is 60.4 Å². The van der Waals surface area contributed by atoms with Gasteiger partial charge in [-0.2, -0.15) is 13.2 Å². The van der Waals surface area contributed by atoms with E-state index in [0.29, 0.717) is 45.3 Å². The number of hydrogen-bond acceptors (Lipinski definition) is 5. The molecule has 0 radical (unpaired) electrons. The molecule has 1 saturated heterocycles. The summed E-state index contributed by atoms with van der Waals surface area (Å²) in [7, 11) is 0. The van der Waals surface area contributed by atoms with Crippen molar-refractivity contribution in [2.45, 2.75) is 70.5 Å². The monoisotopic (exact) mass is 670 g/mol. The number of carboxylic acid groups (broad SMARTS) is 1. The molecular weight excluding hydrogens is 625 g/mol. The number of alkyl halides is 3. The molecule has 1 fully saturated rings. The van der Waals surface area contributed by atoms with Crippen molar-refractivity contribution in [2.24, 2.45) is 5.41 Å². The fraction of sp³-hybridized carbons (Fsp3) is 0.444. The van der Waals surface area contributed by atoms with Gasteiger partial charge in [-0.25, -0.2) is 0 Å². The molecular formula is C36H45F3N4O5. The number of carbonyl (C=O) groups is 4. The maximum Gasteiger partial charge on any atom is 0.430 e. The number of unbranched alkanes of at least 4 members (excludes halogenated alkanes) is 2. The van der Waals surface area contributed by atoms with E-state index < -0.39 is 23.6 Å². The topological polar surface area (TPSA) is 146 Å². The molecule has 1 aliphatic rings. The van der Waals surface area contributed by atoms with Gasteiger partial charge >= 0.3 is 6.18 Å². The van der Waals surface area contributed by atoms with Crippen LogP contribution in [0.3, 0.4) is 0 Å². The smallest absolute Gasteiger partial charge is 0.430 e. The zero-order valence-corrected chi connectivity index (χ0v) is 27.3. The Labute approximate surface area is 279 Å². The van der Waals surface area contributed by atoms with Gasteiger partial charge in [-0.05, 0) is 67.3 Å². The van der Waals surface area contributed by atoms with Crippen molar-refractivity contribution in [1.29, 1.82) is 0 Å². The van der Waals surface area contributed by atoms with Gasteiger partial charge in [-0.3, -0.25) is 14.4 Å². The molecule has 1 heterocycles. The van der Waals surface area contributed by atoms with Crippen molar-refractivity contribution in [3.63, 3.8) is 0 Å². The maximum absolute atomic E-state index is 14.2. The Kier molecular flexibility index (Phi) is 14.4. The average molecular weight is 671 g/mol. The van der Waals surface area contributed by atoms with E-state index in [1.165, 1.54) is 0 Å². The molecule has 4 rings (SSSR count). The van der Waals surface area contributed by atoms with Gasteiger partial charge in [0.15, 0.2) is 0 Å². The van der Waals surface area contributed by atoms with Gasteiger partial charge in [0, 0.05) is 32.5 Å². The first-order valence-corrected chi connectivity index (χ1v) is 16.3. The zero-order chi connectivity index (χ0) is 35.2. The van der Waals surface area contributed by atoms with Crippen molar-refractivity contribution >= 4 is 34.5 Å². The van der Waals surface area contributed by atoms with Gasteiger partial charge in [0.25, 0.3) is 0 Å².